The third-order valence-corrected chi connectivity index (χ3v) is 7.60. The summed E-state index contributed by atoms with van der Waals surface area (Å²) >= 11 is 0. The Kier molecular flexibility index (Phi) is 9.48. The first-order valence-corrected chi connectivity index (χ1v) is 13.6. The Bertz CT molecular complexity index is 1320. The van der Waals surface area contributed by atoms with E-state index < -0.39 is 17.5 Å². The molecular weight excluding hydrogens is 511 g/mol. The maximum atomic E-state index is 15.1. The molecule has 1 N–H and O–H groups in total. The minimum absolute atomic E-state index is 0.00447. The maximum absolute atomic E-state index is 15.1. The van der Waals surface area contributed by atoms with Gasteiger partial charge in [-0.05, 0) is 83.3 Å². The van der Waals surface area contributed by atoms with Gasteiger partial charge in [-0.2, -0.15) is 0 Å². The molecule has 1 aliphatic carbocycles. The van der Waals surface area contributed by atoms with Crippen molar-refractivity contribution in [3.05, 3.63) is 83.2 Å². The van der Waals surface area contributed by atoms with Gasteiger partial charge in [0.25, 0.3) is 0 Å². The SMILES string of the molecule is COCC(C)(C)C(OC)c1cc(COc2cccc([C@H](CC(=O)O)C3CC3)c2)ccc1-c1cc(OC)ccc1F. The highest BCUT2D eigenvalue weighted by Gasteiger charge is 2.35. The number of aliphatic carboxylic acids is 1. The summed E-state index contributed by atoms with van der Waals surface area (Å²) < 4.78 is 38.2. The van der Waals surface area contributed by atoms with Gasteiger partial charge in [-0.15, -0.1) is 0 Å². The van der Waals surface area contributed by atoms with Gasteiger partial charge in [-0.1, -0.05) is 38.1 Å². The summed E-state index contributed by atoms with van der Waals surface area (Å²) in [7, 11) is 4.86. The van der Waals surface area contributed by atoms with E-state index in [1.54, 1.807) is 33.5 Å². The highest BCUT2D eigenvalue weighted by atomic mass is 19.1. The number of rotatable bonds is 14. The molecule has 1 unspecified atom stereocenters. The first-order valence-electron chi connectivity index (χ1n) is 13.6. The topological polar surface area (TPSA) is 74.2 Å². The lowest BCUT2D eigenvalue weighted by atomic mass is 9.80. The number of hydrogen-bond acceptors (Lipinski definition) is 5. The zero-order chi connectivity index (χ0) is 28.9. The van der Waals surface area contributed by atoms with Gasteiger partial charge in [-0.25, -0.2) is 4.39 Å². The number of methoxy groups -OCH3 is 3. The highest BCUT2D eigenvalue weighted by molar-refractivity contribution is 5.71. The van der Waals surface area contributed by atoms with Crippen LogP contribution in [0.3, 0.4) is 0 Å². The van der Waals surface area contributed by atoms with Gasteiger partial charge in [0.15, 0.2) is 0 Å². The fourth-order valence-electron chi connectivity index (χ4n) is 5.56. The van der Waals surface area contributed by atoms with Gasteiger partial charge in [0, 0.05) is 25.2 Å². The molecule has 0 saturated heterocycles. The number of hydrogen-bond donors (Lipinski definition) is 1. The first kappa shape index (κ1) is 29.6. The molecule has 3 aromatic rings. The fourth-order valence-corrected chi connectivity index (χ4v) is 5.56. The summed E-state index contributed by atoms with van der Waals surface area (Å²) in [4.78, 5) is 11.4. The fraction of sp³-hybridized carbons (Fsp3) is 0.424. The minimum atomic E-state index is -0.785. The van der Waals surface area contributed by atoms with Gasteiger partial charge in [0.1, 0.15) is 23.9 Å². The van der Waals surface area contributed by atoms with E-state index >= 15 is 4.39 Å². The third kappa shape index (κ3) is 7.01. The molecule has 0 spiro atoms. The zero-order valence-corrected chi connectivity index (χ0v) is 23.9. The van der Waals surface area contributed by atoms with Crippen molar-refractivity contribution in [2.75, 3.05) is 27.9 Å². The number of ether oxygens (including phenoxy) is 4. The number of halogens is 1. The van der Waals surface area contributed by atoms with Crippen molar-refractivity contribution in [1.82, 2.24) is 0 Å². The Labute approximate surface area is 236 Å². The summed E-state index contributed by atoms with van der Waals surface area (Å²) in [6.45, 7) is 4.83. The standard InChI is InChI=1S/C33H39FO6/c1-33(2,20-37-3)32(39-5)29-15-21(9-13-26(29)28-17-24(38-4)12-14-30(28)34)19-40-25-8-6-7-23(16-25)27(18-31(35)36)22-10-11-22/h6-9,12-17,22,27,32H,10-11,18-20H2,1-5H3,(H,35,36)/t27-,32?/m1/s1. The van der Waals surface area contributed by atoms with E-state index in [1.165, 1.54) is 6.07 Å². The lowest BCUT2D eigenvalue weighted by Crippen LogP contribution is -2.29. The lowest BCUT2D eigenvalue weighted by Gasteiger charge is -2.34. The minimum Gasteiger partial charge on any atom is -0.497 e. The third-order valence-electron chi connectivity index (χ3n) is 7.60. The molecule has 0 aliphatic heterocycles. The Hall–Kier alpha value is -3.42. The first-order chi connectivity index (χ1) is 19.2. The quantitative estimate of drug-likeness (QED) is 0.225. The largest absolute Gasteiger partial charge is 0.497 e. The molecule has 1 aliphatic rings. The van der Waals surface area contributed by atoms with E-state index in [1.807, 2.05) is 42.5 Å². The summed E-state index contributed by atoms with van der Waals surface area (Å²) in [6.07, 6.45) is 1.85. The van der Waals surface area contributed by atoms with Crippen LogP contribution >= 0.6 is 0 Å². The number of carbonyl (C=O) groups is 1. The van der Waals surface area contributed by atoms with Crippen molar-refractivity contribution in [1.29, 1.82) is 0 Å². The predicted molar refractivity (Wildman–Crippen MR) is 152 cm³/mol. The molecule has 4 rings (SSSR count). The Morgan fingerprint density at radius 3 is 2.42 bits per heavy atom. The van der Waals surface area contributed by atoms with Crippen molar-refractivity contribution in [2.45, 2.75) is 51.7 Å². The Morgan fingerprint density at radius 1 is 1.00 bits per heavy atom. The van der Waals surface area contributed by atoms with Crippen LogP contribution in [-0.2, 0) is 20.9 Å². The van der Waals surface area contributed by atoms with Gasteiger partial charge in [-0.3, -0.25) is 4.79 Å². The molecule has 6 nitrogen and oxygen atoms in total. The van der Waals surface area contributed by atoms with E-state index in [9.17, 15) is 9.90 Å². The maximum Gasteiger partial charge on any atom is 0.303 e. The van der Waals surface area contributed by atoms with Crippen LogP contribution in [0.1, 0.15) is 61.8 Å². The number of benzene rings is 3. The van der Waals surface area contributed by atoms with Crippen LogP contribution in [0.5, 0.6) is 11.5 Å². The average Bonchev–Trinajstić information content (AvgIpc) is 3.77. The Morgan fingerprint density at radius 2 is 1.77 bits per heavy atom. The summed E-state index contributed by atoms with van der Waals surface area (Å²) in [5, 5.41) is 9.40. The van der Waals surface area contributed by atoms with Crippen molar-refractivity contribution in [2.24, 2.45) is 11.3 Å². The van der Waals surface area contributed by atoms with E-state index in [-0.39, 0.29) is 24.8 Å². The molecule has 214 valence electrons. The zero-order valence-electron chi connectivity index (χ0n) is 23.9. The van der Waals surface area contributed by atoms with Crippen LogP contribution in [0, 0.1) is 17.2 Å². The highest BCUT2D eigenvalue weighted by Crippen LogP contribution is 2.45. The van der Waals surface area contributed by atoms with Crippen molar-refractivity contribution in [3.63, 3.8) is 0 Å². The van der Waals surface area contributed by atoms with Crippen molar-refractivity contribution >= 4 is 5.97 Å². The van der Waals surface area contributed by atoms with Gasteiger partial charge in [0.05, 0.1) is 26.2 Å². The molecule has 0 amide bonds. The predicted octanol–water partition coefficient (Wildman–Crippen LogP) is 7.41. The molecule has 0 aromatic heterocycles. The lowest BCUT2D eigenvalue weighted by molar-refractivity contribution is -0.137. The van der Waals surface area contributed by atoms with Crippen LogP contribution in [0.4, 0.5) is 4.39 Å². The Balaban J connectivity index is 1.66. The second kappa shape index (κ2) is 12.8. The van der Waals surface area contributed by atoms with E-state index in [2.05, 4.69) is 13.8 Å². The second-order valence-electron chi connectivity index (χ2n) is 11.2. The van der Waals surface area contributed by atoms with E-state index in [4.69, 9.17) is 18.9 Å². The number of carboxylic acid groups (broad SMARTS) is 1. The molecule has 1 saturated carbocycles. The van der Waals surface area contributed by atoms with Crippen molar-refractivity contribution in [3.8, 4) is 22.6 Å². The summed E-state index contributed by atoms with van der Waals surface area (Å²) in [6, 6.07) is 18.3. The van der Waals surface area contributed by atoms with Crippen molar-refractivity contribution < 1.29 is 33.2 Å². The van der Waals surface area contributed by atoms with Crippen LogP contribution in [0.25, 0.3) is 11.1 Å². The van der Waals surface area contributed by atoms with E-state index in [0.717, 1.165) is 29.5 Å². The molecule has 1 fully saturated rings. The van der Waals surface area contributed by atoms with Crippen LogP contribution in [0.2, 0.25) is 0 Å². The number of carboxylic acids is 1. The molecule has 0 radical (unpaired) electrons. The monoisotopic (exact) mass is 550 g/mol. The molecule has 7 heteroatoms. The van der Waals surface area contributed by atoms with E-state index in [0.29, 0.717) is 35.2 Å². The average molecular weight is 551 g/mol. The van der Waals surface area contributed by atoms with Crippen LogP contribution < -0.4 is 9.47 Å². The smallest absolute Gasteiger partial charge is 0.303 e. The van der Waals surface area contributed by atoms with Gasteiger partial charge >= 0.3 is 5.97 Å². The van der Waals surface area contributed by atoms with Gasteiger partial charge < -0.3 is 24.1 Å². The molecule has 2 atom stereocenters. The second-order valence-corrected chi connectivity index (χ2v) is 11.2. The summed E-state index contributed by atoms with van der Waals surface area (Å²) in [5.41, 5.74) is 3.43. The van der Waals surface area contributed by atoms with Gasteiger partial charge in [0.2, 0.25) is 0 Å². The molecule has 0 heterocycles. The normalized spacial score (nSPS) is 14.9. The van der Waals surface area contributed by atoms with Crippen LogP contribution in [0.15, 0.2) is 60.7 Å². The molecule has 0 bridgehead atoms. The molecular formula is C33H39FO6. The molecule has 40 heavy (non-hydrogen) atoms. The van der Waals surface area contributed by atoms with Crippen LogP contribution in [-0.4, -0.2) is 39.0 Å². The molecule has 3 aromatic carbocycles. The summed E-state index contributed by atoms with van der Waals surface area (Å²) in [5.74, 6) is 0.518.